The zero-order valence-electron chi connectivity index (χ0n) is 14.7. The molecule has 0 saturated carbocycles. The molecule has 3 aromatic rings. The van der Waals surface area contributed by atoms with Crippen LogP contribution in [-0.4, -0.2) is 45.1 Å². The molecule has 2 aromatic heterocycles. The highest BCUT2D eigenvalue weighted by molar-refractivity contribution is 5.93. The molecule has 1 atom stereocenters. The van der Waals surface area contributed by atoms with Gasteiger partial charge in [0.05, 0.1) is 5.92 Å². The van der Waals surface area contributed by atoms with Gasteiger partial charge in [-0.3, -0.25) is 4.79 Å². The number of carbonyl (C=O) groups is 2. The largest absolute Gasteiger partial charge is 0.475 e. The number of carboxylic acids is 1. The molecule has 1 amide bonds. The maximum Gasteiger partial charge on any atom is 0.371 e. The van der Waals surface area contributed by atoms with Crippen molar-refractivity contribution in [2.75, 3.05) is 13.1 Å². The van der Waals surface area contributed by atoms with Gasteiger partial charge in [-0.1, -0.05) is 5.16 Å². The van der Waals surface area contributed by atoms with E-state index in [0.29, 0.717) is 30.4 Å². The van der Waals surface area contributed by atoms with Crippen molar-refractivity contribution in [3.63, 3.8) is 0 Å². The summed E-state index contributed by atoms with van der Waals surface area (Å²) in [5, 5.41) is 12.9. The van der Waals surface area contributed by atoms with E-state index in [4.69, 9.17) is 14.0 Å². The van der Waals surface area contributed by atoms with Gasteiger partial charge in [-0.2, -0.15) is 4.98 Å². The summed E-state index contributed by atoms with van der Waals surface area (Å²) in [6.45, 7) is 0.879. The molecule has 3 heterocycles. The Bertz CT molecular complexity index is 1010. The van der Waals surface area contributed by atoms with Crippen LogP contribution in [0.25, 0.3) is 11.4 Å². The highest BCUT2D eigenvalue weighted by Gasteiger charge is 2.30. The fraction of sp³-hybridized carbons (Fsp3) is 0.263. The van der Waals surface area contributed by atoms with Crippen LogP contribution in [0, 0.1) is 5.82 Å². The first-order valence-electron chi connectivity index (χ1n) is 8.73. The average molecular weight is 385 g/mol. The first-order valence-corrected chi connectivity index (χ1v) is 8.73. The quantitative estimate of drug-likeness (QED) is 0.734. The number of amides is 1. The Morgan fingerprint density at radius 1 is 1.14 bits per heavy atom. The monoisotopic (exact) mass is 385 g/mol. The van der Waals surface area contributed by atoms with Crippen molar-refractivity contribution < 1.29 is 28.0 Å². The maximum absolute atomic E-state index is 13.1. The van der Waals surface area contributed by atoms with Crippen LogP contribution in [-0.2, 0) is 0 Å². The lowest BCUT2D eigenvalue weighted by molar-refractivity contribution is 0.0632. The van der Waals surface area contributed by atoms with Gasteiger partial charge in [0.25, 0.3) is 5.91 Å². The number of furan rings is 1. The SMILES string of the molecule is O=C(O)c1ccc(C(=O)N2CCCC(c3nc(-c4ccc(F)cc4)no3)C2)o1. The Balaban J connectivity index is 1.48. The molecule has 1 saturated heterocycles. The standard InChI is InChI=1S/C19H16FN3O5/c20-13-5-3-11(4-6-13)16-21-17(28-22-16)12-2-1-9-23(10-12)18(24)14-7-8-15(27-14)19(25)26/h3-8,12H,1-2,9-10H2,(H,25,26). The van der Waals surface area contributed by atoms with Crippen molar-refractivity contribution in [3.05, 3.63) is 59.6 Å². The number of carboxylic acid groups (broad SMARTS) is 1. The number of carbonyl (C=O) groups excluding carboxylic acids is 1. The molecule has 0 aliphatic carbocycles. The van der Waals surface area contributed by atoms with Crippen molar-refractivity contribution in [2.24, 2.45) is 0 Å². The van der Waals surface area contributed by atoms with E-state index < -0.39 is 5.97 Å². The van der Waals surface area contributed by atoms with Crippen LogP contribution in [0.2, 0.25) is 0 Å². The van der Waals surface area contributed by atoms with E-state index in [-0.39, 0.29) is 29.2 Å². The Hall–Kier alpha value is -3.49. The fourth-order valence-electron chi connectivity index (χ4n) is 3.20. The van der Waals surface area contributed by atoms with Gasteiger partial charge < -0.3 is 18.9 Å². The van der Waals surface area contributed by atoms with Crippen LogP contribution in [0.5, 0.6) is 0 Å². The number of benzene rings is 1. The van der Waals surface area contributed by atoms with Crippen molar-refractivity contribution >= 4 is 11.9 Å². The van der Waals surface area contributed by atoms with Gasteiger partial charge in [-0.15, -0.1) is 0 Å². The molecule has 1 aromatic carbocycles. The van der Waals surface area contributed by atoms with E-state index in [0.717, 1.165) is 12.8 Å². The molecular formula is C19H16FN3O5. The number of halogens is 1. The molecule has 0 radical (unpaired) electrons. The summed E-state index contributed by atoms with van der Waals surface area (Å²) in [7, 11) is 0. The van der Waals surface area contributed by atoms with E-state index >= 15 is 0 Å². The molecule has 28 heavy (non-hydrogen) atoms. The zero-order valence-corrected chi connectivity index (χ0v) is 14.7. The summed E-state index contributed by atoms with van der Waals surface area (Å²) in [5.41, 5.74) is 0.636. The molecule has 4 rings (SSSR count). The molecule has 8 nitrogen and oxygen atoms in total. The van der Waals surface area contributed by atoms with E-state index in [1.807, 2.05) is 0 Å². The summed E-state index contributed by atoms with van der Waals surface area (Å²) in [6.07, 6.45) is 1.50. The number of likely N-dealkylation sites (tertiary alicyclic amines) is 1. The lowest BCUT2D eigenvalue weighted by Crippen LogP contribution is -2.39. The van der Waals surface area contributed by atoms with Crippen LogP contribution in [0.4, 0.5) is 4.39 Å². The number of aromatic nitrogens is 2. The first-order chi connectivity index (χ1) is 13.5. The number of piperidine rings is 1. The molecule has 1 fully saturated rings. The predicted molar refractivity (Wildman–Crippen MR) is 93.2 cm³/mol. The third kappa shape index (κ3) is 3.51. The number of nitrogens with zero attached hydrogens (tertiary/aromatic N) is 3. The van der Waals surface area contributed by atoms with Crippen LogP contribution in [0.3, 0.4) is 0 Å². The highest BCUT2D eigenvalue weighted by Crippen LogP contribution is 2.28. The highest BCUT2D eigenvalue weighted by atomic mass is 19.1. The average Bonchev–Trinajstić information content (AvgIpc) is 3.38. The molecule has 144 valence electrons. The summed E-state index contributed by atoms with van der Waals surface area (Å²) in [6, 6.07) is 8.39. The number of aromatic carboxylic acids is 1. The van der Waals surface area contributed by atoms with E-state index in [1.54, 1.807) is 17.0 Å². The van der Waals surface area contributed by atoms with E-state index in [1.165, 1.54) is 24.3 Å². The third-order valence-electron chi connectivity index (χ3n) is 4.63. The van der Waals surface area contributed by atoms with Crippen LogP contribution < -0.4 is 0 Å². The zero-order chi connectivity index (χ0) is 19.7. The molecule has 0 spiro atoms. The van der Waals surface area contributed by atoms with Gasteiger partial charge in [0.15, 0.2) is 5.76 Å². The van der Waals surface area contributed by atoms with Gasteiger partial charge in [-0.05, 0) is 49.2 Å². The summed E-state index contributed by atoms with van der Waals surface area (Å²) in [5.74, 6) is -1.64. The van der Waals surface area contributed by atoms with Gasteiger partial charge in [0.2, 0.25) is 17.5 Å². The smallest absolute Gasteiger partial charge is 0.371 e. The maximum atomic E-state index is 13.1. The van der Waals surface area contributed by atoms with Crippen molar-refractivity contribution in [1.82, 2.24) is 15.0 Å². The topological polar surface area (TPSA) is 110 Å². The predicted octanol–water partition coefficient (Wildman–Crippen LogP) is 3.19. The van der Waals surface area contributed by atoms with Crippen molar-refractivity contribution in [1.29, 1.82) is 0 Å². The Kier molecular flexibility index (Phi) is 4.64. The molecular weight excluding hydrogens is 369 g/mol. The van der Waals surface area contributed by atoms with Crippen LogP contribution in [0.1, 0.15) is 45.8 Å². The summed E-state index contributed by atoms with van der Waals surface area (Å²) >= 11 is 0. The van der Waals surface area contributed by atoms with Crippen molar-refractivity contribution in [3.8, 4) is 11.4 Å². The number of rotatable bonds is 4. The summed E-state index contributed by atoms with van der Waals surface area (Å²) < 4.78 is 23.5. The minimum Gasteiger partial charge on any atom is -0.475 e. The molecule has 9 heteroatoms. The Morgan fingerprint density at radius 2 is 1.89 bits per heavy atom. The van der Waals surface area contributed by atoms with Crippen LogP contribution >= 0.6 is 0 Å². The second-order valence-electron chi connectivity index (χ2n) is 6.52. The third-order valence-corrected chi connectivity index (χ3v) is 4.63. The second kappa shape index (κ2) is 7.26. The lowest BCUT2D eigenvalue weighted by Gasteiger charge is -2.30. The molecule has 1 aliphatic heterocycles. The molecule has 1 unspecified atom stereocenters. The van der Waals surface area contributed by atoms with Gasteiger partial charge in [0.1, 0.15) is 5.82 Å². The normalized spacial score (nSPS) is 16.9. The Labute approximate surface area is 158 Å². The fourth-order valence-corrected chi connectivity index (χ4v) is 3.20. The van der Waals surface area contributed by atoms with Gasteiger partial charge >= 0.3 is 5.97 Å². The second-order valence-corrected chi connectivity index (χ2v) is 6.52. The van der Waals surface area contributed by atoms with Crippen LogP contribution in [0.15, 0.2) is 45.3 Å². The lowest BCUT2D eigenvalue weighted by atomic mass is 9.97. The van der Waals surface area contributed by atoms with E-state index in [2.05, 4.69) is 10.1 Å². The summed E-state index contributed by atoms with van der Waals surface area (Å²) in [4.78, 5) is 29.5. The van der Waals surface area contributed by atoms with Gasteiger partial charge in [0, 0.05) is 18.7 Å². The molecule has 1 N–H and O–H groups in total. The minimum atomic E-state index is -1.23. The number of hydrogen-bond donors (Lipinski definition) is 1. The number of hydrogen-bond acceptors (Lipinski definition) is 6. The van der Waals surface area contributed by atoms with Crippen molar-refractivity contribution in [2.45, 2.75) is 18.8 Å². The molecule has 0 bridgehead atoms. The Morgan fingerprint density at radius 3 is 2.61 bits per heavy atom. The first kappa shape index (κ1) is 17.9. The molecule has 1 aliphatic rings. The minimum absolute atomic E-state index is 0.0180. The van der Waals surface area contributed by atoms with E-state index in [9.17, 15) is 14.0 Å². The van der Waals surface area contributed by atoms with Gasteiger partial charge in [-0.25, -0.2) is 9.18 Å².